The zero-order chi connectivity index (χ0) is 12.5. The number of hydrogen-bond donors (Lipinski definition) is 1. The van der Waals surface area contributed by atoms with E-state index in [4.69, 9.17) is 10.5 Å². The summed E-state index contributed by atoms with van der Waals surface area (Å²) >= 11 is 0. The maximum atomic E-state index is 6.05. The van der Waals surface area contributed by atoms with Gasteiger partial charge in [-0.15, -0.1) is 0 Å². The predicted octanol–water partition coefficient (Wildman–Crippen LogP) is 0.519. The molecule has 17 heavy (non-hydrogen) atoms. The molecule has 1 aliphatic heterocycles. The van der Waals surface area contributed by atoms with E-state index in [2.05, 4.69) is 23.8 Å². The van der Waals surface area contributed by atoms with Crippen LogP contribution in [0.4, 0.5) is 0 Å². The van der Waals surface area contributed by atoms with Crippen LogP contribution < -0.4 is 5.73 Å². The molecule has 0 aromatic heterocycles. The summed E-state index contributed by atoms with van der Waals surface area (Å²) in [5.74, 6) is 0. The van der Waals surface area contributed by atoms with Crippen molar-refractivity contribution in [2.75, 3.05) is 40.3 Å². The van der Waals surface area contributed by atoms with Crippen LogP contribution in [0.1, 0.15) is 26.2 Å². The fraction of sp³-hybridized carbons (Fsp3) is 1.00. The number of likely N-dealkylation sites (N-methyl/N-ethyl adjacent to an activating group) is 1. The number of hydrogen-bond acceptors (Lipinski definition) is 4. The number of ether oxygens (including phenoxy) is 1. The van der Waals surface area contributed by atoms with Crippen molar-refractivity contribution in [1.82, 2.24) is 9.80 Å². The van der Waals surface area contributed by atoms with Gasteiger partial charge in [0, 0.05) is 38.3 Å². The van der Waals surface area contributed by atoms with Crippen molar-refractivity contribution in [3.63, 3.8) is 0 Å². The van der Waals surface area contributed by atoms with Crippen molar-refractivity contribution in [3.05, 3.63) is 0 Å². The number of nitrogens with two attached hydrogens (primary N) is 1. The second-order valence-electron chi connectivity index (χ2n) is 5.85. The molecule has 2 aliphatic rings. The average Bonchev–Trinajstić information content (AvgIpc) is 2.41. The molecule has 2 N–H and O–H groups in total. The molecule has 1 heterocycles. The smallest absolute Gasteiger partial charge is 0.0607 e. The van der Waals surface area contributed by atoms with Gasteiger partial charge in [-0.05, 0) is 39.8 Å². The van der Waals surface area contributed by atoms with E-state index >= 15 is 0 Å². The lowest BCUT2D eigenvalue weighted by molar-refractivity contribution is -0.0985. The van der Waals surface area contributed by atoms with Gasteiger partial charge in [0.25, 0.3) is 0 Å². The summed E-state index contributed by atoms with van der Waals surface area (Å²) in [7, 11) is 4.03. The summed E-state index contributed by atoms with van der Waals surface area (Å²) in [6, 6.07) is 0.601. The van der Waals surface area contributed by atoms with Gasteiger partial charge >= 0.3 is 0 Å². The molecule has 0 aromatic rings. The van der Waals surface area contributed by atoms with Crippen LogP contribution in [0.3, 0.4) is 0 Å². The summed E-state index contributed by atoms with van der Waals surface area (Å²) < 4.78 is 5.43. The highest BCUT2D eigenvalue weighted by Gasteiger charge is 2.49. The van der Waals surface area contributed by atoms with Crippen LogP contribution >= 0.6 is 0 Å². The Morgan fingerprint density at radius 2 is 2.06 bits per heavy atom. The molecule has 1 unspecified atom stereocenters. The fourth-order valence-corrected chi connectivity index (χ4v) is 3.55. The molecule has 0 amide bonds. The maximum Gasteiger partial charge on any atom is 0.0607 e. The first-order valence-corrected chi connectivity index (χ1v) is 6.79. The quantitative estimate of drug-likeness (QED) is 0.782. The molecule has 1 aliphatic carbocycles. The van der Waals surface area contributed by atoms with E-state index in [9.17, 15) is 0 Å². The summed E-state index contributed by atoms with van der Waals surface area (Å²) in [6.07, 6.45) is 3.88. The van der Waals surface area contributed by atoms with Gasteiger partial charge in [0.05, 0.1) is 6.10 Å². The first-order chi connectivity index (χ1) is 8.11. The lowest BCUT2D eigenvalue weighted by Gasteiger charge is -2.55. The normalized spacial score (nSPS) is 40.9. The molecule has 4 heteroatoms. The van der Waals surface area contributed by atoms with Crippen LogP contribution in [-0.4, -0.2) is 67.8 Å². The minimum atomic E-state index is 0.214. The molecule has 0 aromatic carbocycles. The summed E-state index contributed by atoms with van der Waals surface area (Å²) in [5.41, 5.74) is 6.27. The first-order valence-electron chi connectivity index (χ1n) is 6.79. The molecule has 1 atom stereocenters. The zero-order valence-electron chi connectivity index (χ0n) is 11.5. The fourth-order valence-electron chi connectivity index (χ4n) is 3.55. The van der Waals surface area contributed by atoms with Gasteiger partial charge in [-0.25, -0.2) is 0 Å². The maximum absolute atomic E-state index is 6.05. The van der Waals surface area contributed by atoms with E-state index in [-0.39, 0.29) is 5.54 Å². The van der Waals surface area contributed by atoms with Gasteiger partial charge in [0.1, 0.15) is 0 Å². The topological polar surface area (TPSA) is 41.7 Å². The molecule has 100 valence electrons. The standard InChI is InChI=1S/C13H27N3O/c1-11-9-15(2)5-4-6-16(11)13(10-14)7-12(8-13)17-3/h11-12H,4-10,14H2,1-3H3. The third-order valence-electron chi connectivity index (χ3n) is 4.58. The van der Waals surface area contributed by atoms with Gasteiger partial charge in [-0.2, -0.15) is 0 Å². The van der Waals surface area contributed by atoms with Crippen LogP contribution in [0.5, 0.6) is 0 Å². The average molecular weight is 241 g/mol. The second kappa shape index (κ2) is 5.22. The lowest BCUT2D eigenvalue weighted by atomic mass is 9.72. The van der Waals surface area contributed by atoms with Crippen LogP contribution in [0.2, 0.25) is 0 Å². The van der Waals surface area contributed by atoms with E-state index in [0.29, 0.717) is 12.1 Å². The van der Waals surface area contributed by atoms with E-state index in [0.717, 1.165) is 25.9 Å². The molecule has 2 fully saturated rings. The minimum absolute atomic E-state index is 0.214. The van der Waals surface area contributed by atoms with E-state index in [1.807, 2.05) is 7.11 Å². The highest BCUT2D eigenvalue weighted by Crippen LogP contribution is 2.40. The molecule has 1 saturated heterocycles. The Kier molecular flexibility index (Phi) is 4.08. The monoisotopic (exact) mass is 241 g/mol. The van der Waals surface area contributed by atoms with Crippen LogP contribution in [0.15, 0.2) is 0 Å². The highest BCUT2D eigenvalue weighted by atomic mass is 16.5. The summed E-state index contributed by atoms with van der Waals surface area (Å²) in [4.78, 5) is 5.08. The Hall–Kier alpha value is -0.160. The Morgan fingerprint density at radius 1 is 1.35 bits per heavy atom. The first kappa shape index (κ1) is 13.3. The van der Waals surface area contributed by atoms with Crippen molar-refractivity contribution < 1.29 is 4.74 Å². The van der Waals surface area contributed by atoms with Crippen molar-refractivity contribution in [2.45, 2.75) is 43.9 Å². The van der Waals surface area contributed by atoms with Crippen LogP contribution in [0, 0.1) is 0 Å². The molecule has 0 spiro atoms. The number of methoxy groups -OCH3 is 1. The van der Waals surface area contributed by atoms with Crippen molar-refractivity contribution in [2.24, 2.45) is 5.73 Å². The van der Waals surface area contributed by atoms with Gasteiger partial charge in [0.2, 0.25) is 0 Å². The largest absolute Gasteiger partial charge is 0.381 e. The van der Waals surface area contributed by atoms with Crippen molar-refractivity contribution >= 4 is 0 Å². The minimum Gasteiger partial charge on any atom is -0.381 e. The molecule has 4 nitrogen and oxygen atoms in total. The Labute approximate surface area is 105 Å². The zero-order valence-corrected chi connectivity index (χ0v) is 11.5. The molecular weight excluding hydrogens is 214 g/mol. The molecule has 0 radical (unpaired) electrons. The lowest BCUT2D eigenvalue weighted by Crippen LogP contribution is -2.66. The second-order valence-corrected chi connectivity index (χ2v) is 5.85. The van der Waals surface area contributed by atoms with E-state index in [1.54, 1.807) is 0 Å². The van der Waals surface area contributed by atoms with Crippen LogP contribution in [0.25, 0.3) is 0 Å². The van der Waals surface area contributed by atoms with E-state index in [1.165, 1.54) is 19.5 Å². The van der Waals surface area contributed by atoms with Gasteiger partial charge < -0.3 is 15.4 Å². The SMILES string of the molecule is COC1CC(CN)(N2CCCN(C)CC2C)C1. The van der Waals surface area contributed by atoms with Crippen molar-refractivity contribution in [1.29, 1.82) is 0 Å². The Morgan fingerprint density at radius 3 is 2.65 bits per heavy atom. The molecular formula is C13H27N3O. The Balaban J connectivity index is 2.04. The Bertz CT molecular complexity index is 253. The van der Waals surface area contributed by atoms with Gasteiger partial charge in [-0.1, -0.05) is 0 Å². The van der Waals surface area contributed by atoms with E-state index < -0.39 is 0 Å². The molecule has 0 bridgehead atoms. The van der Waals surface area contributed by atoms with Crippen LogP contribution in [-0.2, 0) is 4.74 Å². The third kappa shape index (κ3) is 2.50. The molecule has 2 rings (SSSR count). The predicted molar refractivity (Wildman–Crippen MR) is 70.1 cm³/mol. The highest BCUT2D eigenvalue weighted by molar-refractivity contribution is 5.06. The molecule has 1 saturated carbocycles. The van der Waals surface area contributed by atoms with Gasteiger partial charge in [0.15, 0.2) is 0 Å². The number of nitrogens with zero attached hydrogens (tertiary/aromatic N) is 2. The van der Waals surface area contributed by atoms with Crippen molar-refractivity contribution in [3.8, 4) is 0 Å². The number of rotatable bonds is 3. The third-order valence-corrected chi connectivity index (χ3v) is 4.58. The summed E-state index contributed by atoms with van der Waals surface area (Å²) in [6.45, 7) is 6.63. The van der Waals surface area contributed by atoms with Gasteiger partial charge in [-0.3, -0.25) is 4.90 Å². The summed E-state index contributed by atoms with van der Waals surface area (Å²) in [5, 5.41) is 0.